The van der Waals surface area contributed by atoms with Crippen molar-refractivity contribution in [3.8, 4) is 50.2 Å². The smallest absolute Gasteiger partial charge is 0.143 e. The highest BCUT2D eigenvalue weighted by molar-refractivity contribution is 6.12. The van der Waals surface area contributed by atoms with Crippen LogP contribution in [0.15, 0.2) is 271 Å². The second-order valence-corrected chi connectivity index (χ2v) is 18.4. The van der Waals surface area contributed by atoms with Gasteiger partial charge in [0.25, 0.3) is 0 Å². The van der Waals surface area contributed by atoms with Crippen LogP contribution < -0.4 is 4.90 Å². The minimum Gasteiger partial charge on any atom is -0.455 e. The number of furan rings is 1. The summed E-state index contributed by atoms with van der Waals surface area (Å²) in [5.74, 6) is 0. The molecule has 0 spiro atoms. The van der Waals surface area contributed by atoms with Gasteiger partial charge in [-0.05, 0) is 122 Å². The van der Waals surface area contributed by atoms with Crippen LogP contribution in [0.25, 0.3) is 115 Å². The average Bonchev–Trinajstić information content (AvgIpc) is 4.00. The molecule has 2 aromatic heterocycles. The molecule has 0 aliphatic rings. The Labute approximate surface area is 411 Å². The van der Waals surface area contributed by atoms with Crippen molar-refractivity contribution in [3.63, 3.8) is 0 Å². The minimum atomic E-state index is 0.893. The first kappa shape index (κ1) is 40.6. The molecule has 0 N–H and O–H groups in total. The number of benzene rings is 12. The summed E-state index contributed by atoms with van der Waals surface area (Å²) in [7, 11) is 0. The predicted molar refractivity (Wildman–Crippen MR) is 299 cm³/mol. The molecule has 0 atom stereocenters. The summed E-state index contributed by atoms with van der Waals surface area (Å²) >= 11 is 0. The lowest BCUT2D eigenvalue weighted by Crippen LogP contribution is -2.10. The van der Waals surface area contributed by atoms with E-state index in [1.54, 1.807) is 0 Å². The Bertz CT molecular complexity index is 4290. The van der Waals surface area contributed by atoms with E-state index in [2.05, 4.69) is 264 Å². The van der Waals surface area contributed by atoms with Gasteiger partial charge in [0.15, 0.2) is 0 Å². The average molecular weight is 905 g/mol. The van der Waals surface area contributed by atoms with Gasteiger partial charge in [0.1, 0.15) is 11.2 Å². The van der Waals surface area contributed by atoms with Gasteiger partial charge < -0.3 is 13.9 Å². The molecule has 0 amide bonds. The summed E-state index contributed by atoms with van der Waals surface area (Å²) in [6.07, 6.45) is 0. The predicted octanol–water partition coefficient (Wildman–Crippen LogP) is 19.1. The van der Waals surface area contributed by atoms with E-state index >= 15 is 0 Å². The molecule has 0 aliphatic heterocycles. The van der Waals surface area contributed by atoms with Crippen LogP contribution >= 0.6 is 0 Å². The monoisotopic (exact) mass is 904 g/mol. The van der Waals surface area contributed by atoms with Crippen molar-refractivity contribution in [1.82, 2.24) is 4.57 Å². The summed E-state index contributed by atoms with van der Waals surface area (Å²) in [6, 6.07) is 96.7. The zero-order valence-corrected chi connectivity index (χ0v) is 38.7. The van der Waals surface area contributed by atoms with Crippen molar-refractivity contribution in [2.45, 2.75) is 0 Å². The van der Waals surface area contributed by atoms with Crippen molar-refractivity contribution in [2.75, 3.05) is 4.90 Å². The number of rotatable bonds is 8. The third-order valence-corrected chi connectivity index (χ3v) is 14.4. The summed E-state index contributed by atoms with van der Waals surface area (Å²) in [5.41, 5.74) is 17.7. The first-order chi connectivity index (χ1) is 35.2. The molecule has 14 aromatic rings. The van der Waals surface area contributed by atoms with Gasteiger partial charge in [-0.15, -0.1) is 0 Å². The van der Waals surface area contributed by atoms with Crippen LogP contribution in [-0.4, -0.2) is 4.57 Å². The number of anilines is 3. The van der Waals surface area contributed by atoms with Gasteiger partial charge in [-0.2, -0.15) is 0 Å². The molecule has 2 heterocycles. The van der Waals surface area contributed by atoms with Crippen LogP contribution in [0.1, 0.15) is 0 Å². The van der Waals surface area contributed by atoms with E-state index in [1.165, 1.54) is 71.2 Å². The van der Waals surface area contributed by atoms with E-state index in [1.807, 2.05) is 12.1 Å². The second-order valence-electron chi connectivity index (χ2n) is 18.4. The molecule has 0 saturated heterocycles. The maximum Gasteiger partial charge on any atom is 0.143 e. The second kappa shape index (κ2) is 16.7. The highest BCUT2D eigenvalue weighted by atomic mass is 16.3. The van der Waals surface area contributed by atoms with Crippen LogP contribution in [0.5, 0.6) is 0 Å². The minimum absolute atomic E-state index is 0.893. The standard InChI is InChI=1S/C68H44N2O/c1-2-18-54-46(15-1)31-32-50-43-48(37-42-56(50)54)45-33-38-51(39-34-45)69(53-17-13-16-49(44-53)57-25-14-26-63-62-24-8-12-30-67(62)71-68(57)63)52-40-35-47(36-41-52)55-19-3-4-20-58(55)59-21-5-9-27-64(59)70-65-28-10-6-22-60(65)61-23-7-11-29-66(61)70/h1-44H. The summed E-state index contributed by atoms with van der Waals surface area (Å²) in [4.78, 5) is 2.37. The van der Waals surface area contributed by atoms with E-state index in [4.69, 9.17) is 4.42 Å². The molecule has 0 unspecified atom stereocenters. The first-order valence-corrected chi connectivity index (χ1v) is 24.3. The van der Waals surface area contributed by atoms with Crippen LogP contribution in [0, 0.1) is 0 Å². The zero-order chi connectivity index (χ0) is 46.8. The van der Waals surface area contributed by atoms with Gasteiger partial charge in [0.05, 0.1) is 16.7 Å². The molecule has 14 rings (SSSR count). The van der Waals surface area contributed by atoms with E-state index in [9.17, 15) is 0 Å². The fourth-order valence-corrected chi connectivity index (χ4v) is 11.1. The third kappa shape index (κ3) is 6.82. The fraction of sp³-hybridized carbons (Fsp3) is 0. The Morgan fingerprint density at radius 1 is 0.282 bits per heavy atom. The molecular weight excluding hydrogens is 861 g/mol. The zero-order valence-electron chi connectivity index (χ0n) is 38.7. The quantitative estimate of drug-likeness (QED) is 0.142. The molecule has 0 radical (unpaired) electrons. The lowest BCUT2D eigenvalue weighted by molar-refractivity contribution is 0.670. The SMILES string of the molecule is c1cc(-c2cccc3c2oc2ccccc23)cc(N(c2ccc(-c3ccc4c(ccc5ccccc54)c3)cc2)c2ccc(-c3ccccc3-c3ccccc3-n3c4ccccc4c4ccccc43)cc2)c1. The van der Waals surface area contributed by atoms with Crippen LogP contribution in [0.3, 0.4) is 0 Å². The number of fused-ring (bicyclic) bond motifs is 9. The molecule has 71 heavy (non-hydrogen) atoms. The van der Waals surface area contributed by atoms with Crippen molar-refractivity contribution in [2.24, 2.45) is 0 Å². The Morgan fingerprint density at radius 2 is 0.831 bits per heavy atom. The van der Waals surface area contributed by atoms with Crippen molar-refractivity contribution in [3.05, 3.63) is 267 Å². The summed E-state index contributed by atoms with van der Waals surface area (Å²) in [6.45, 7) is 0. The van der Waals surface area contributed by atoms with Crippen molar-refractivity contribution in [1.29, 1.82) is 0 Å². The van der Waals surface area contributed by atoms with Gasteiger partial charge in [-0.1, -0.05) is 200 Å². The molecule has 332 valence electrons. The molecule has 0 saturated carbocycles. The normalized spacial score (nSPS) is 11.7. The van der Waals surface area contributed by atoms with Crippen LogP contribution in [-0.2, 0) is 0 Å². The van der Waals surface area contributed by atoms with Gasteiger partial charge in [-0.25, -0.2) is 0 Å². The van der Waals surface area contributed by atoms with E-state index in [0.717, 1.165) is 61.4 Å². The molecule has 3 nitrogen and oxygen atoms in total. The molecule has 0 bridgehead atoms. The number of hydrogen-bond acceptors (Lipinski definition) is 2. The molecular formula is C68H44N2O. The first-order valence-electron chi connectivity index (χ1n) is 24.3. The molecule has 3 heteroatoms. The van der Waals surface area contributed by atoms with Crippen LogP contribution in [0.4, 0.5) is 17.1 Å². The summed E-state index contributed by atoms with van der Waals surface area (Å²) < 4.78 is 8.98. The lowest BCUT2D eigenvalue weighted by atomic mass is 9.93. The van der Waals surface area contributed by atoms with E-state index in [-0.39, 0.29) is 0 Å². The third-order valence-electron chi connectivity index (χ3n) is 14.4. The molecule has 0 aliphatic carbocycles. The van der Waals surface area contributed by atoms with Gasteiger partial charge in [0.2, 0.25) is 0 Å². The molecule has 12 aromatic carbocycles. The lowest BCUT2D eigenvalue weighted by Gasteiger charge is -2.26. The van der Waals surface area contributed by atoms with E-state index in [0.29, 0.717) is 0 Å². The van der Waals surface area contributed by atoms with Gasteiger partial charge in [0, 0.05) is 49.7 Å². The maximum absolute atomic E-state index is 6.56. The summed E-state index contributed by atoms with van der Waals surface area (Å²) in [5, 5.41) is 9.78. The topological polar surface area (TPSA) is 21.3 Å². The number of nitrogens with zero attached hydrogens (tertiary/aromatic N) is 2. The number of para-hydroxylation sites is 5. The van der Waals surface area contributed by atoms with Gasteiger partial charge >= 0.3 is 0 Å². The largest absolute Gasteiger partial charge is 0.455 e. The Morgan fingerprint density at radius 3 is 1.61 bits per heavy atom. The maximum atomic E-state index is 6.56. The fourth-order valence-electron chi connectivity index (χ4n) is 11.1. The van der Waals surface area contributed by atoms with E-state index < -0.39 is 0 Å². The number of hydrogen-bond donors (Lipinski definition) is 0. The van der Waals surface area contributed by atoms with Crippen LogP contribution in [0.2, 0.25) is 0 Å². The van der Waals surface area contributed by atoms with Crippen molar-refractivity contribution >= 4 is 82.4 Å². The highest BCUT2D eigenvalue weighted by Crippen LogP contribution is 2.44. The number of aromatic nitrogens is 1. The Balaban J connectivity index is 0.876. The van der Waals surface area contributed by atoms with Crippen molar-refractivity contribution < 1.29 is 4.42 Å². The Kier molecular flexibility index (Phi) is 9.53. The Hall–Kier alpha value is -9.44. The molecule has 0 fully saturated rings. The highest BCUT2D eigenvalue weighted by Gasteiger charge is 2.20. The van der Waals surface area contributed by atoms with Gasteiger partial charge in [-0.3, -0.25) is 0 Å².